The largest absolute Gasteiger partial charge is 0.444 e. The molecular formula is C32H36Cl2F2N4O5S. The smallest absolute Gasteiger partial charge is 0.408 e. The summed E-state index contributed by atoms with van der Waals surface area (Å²) in [6.45, 7) is 6.60. The maximum Gasteiger partial charge on any atom is 0.408 e. The zero-order chi connectivity index (χ0) is 33.8. The highest BCUT2D eigenvalue weighted by Gasteiger charge is 2.42. The Labute approximate surface area is 277 Å². The number of hydrogen-bond acceptors (Lipinski definition) is 6. The Morgan fingerprint density at radius 2 is 1.46 bits per heavy atom. The third-order valence-electron chi connectivity index (χ3n) is 7.15. The number of benzene rings is 3. The number of rotatable bonds is 11. The number of nitrogens with zero attached hydrogens (tertiary/aromatic N) is 2. The van der Waals surface area contributed by atoms with Crippen LogP contribution in [0.25, 0.3) is 0 Å². The molecule has 1 fully saturated rings. The Morgan fingerprint density at radius 3 is 1.93 bits per heavy atom. The summed E-state index contributed by atoms with van der Waals surface area (Å²) in [7, 11) is -4.22. The number of nitrogens with one attached hydrogen (secondary N) is 2. The molecule has 1 aliphatic rings. The summed E-state index contributed by atoms with van der Waals surface area (Å²) in [6, 6.07) is 15.2. The van der Waals surface area contributed by atoms with Gasteiger partial charge in [0.1, 0.15) is 23.3 Å². The minimum atomic E-state index is -4.22. The van der Waals surface area contributed by atoms with E-state index in [1.54, 1.807) is 45.0 Å². The lowest BCUT2D eigenvalue weighted by atomic mass is 9.93. The summed E-state index contributed by atoms with van der Waals surface area (Å²) in [5, 5.41) is 6.01. The van der Waals surface area contributed by atoms with Crippen molar-refractivity contribution in [2.45, 2.75) is 51.4 Å². The number of amides is 2. The van der Waals surface area contributed by atoms with Crippen molar-refractivity contribution in [2.24, 2.45) is 0 Å². The molecule has 1 heterocycles. The number of ether oxygens (including phenoxy) is 1. The van der Waals surface area contributed by atoms with Gasteiger partial charge in [0.15, 0.2) is 0 Å². The van der Waals surface area contributed by atoms with Crippen molar-refractivity contribution in [2.75, 3.05) is 29.7 Å². The molecule has 0 spiro atoms. The average Bonchev–Trinajstić information content (AvgIpc) is 2.91. The quantitative estimate of drug-likeness (QED) is 0.258. The van der Waals surface area contributed by atoms with Crippen LogP contribution in [0.5, 0.6) is 0 Å². The van der Waals surface area contributed by atoms with Crippen LogP contribution in [0, 0.1) is 11.6 Å². The van der Waals surface area contributed by atoms with Crippen LogP contribution in [-0.4, -0.2) is 68.4 Å². The van der Waals surface area contributed by atoms with Gasteiger partial charge in [-0.05, 0) is 75.2 Å². The maximum atomic E-state index is 14.3. The molecule has 3 aromatic rings. The van der Waals surface area contributed by atoms with Gasteiger partial charge < -0.3 is 15.4 Å². The SMILES string of the molecule is CC(NC(=O)OC(C)(C)C)C(=O)NCCS(=O)(=O)N(c1cc(F)cc(F)c1)C1CN(C(c2ccc(Cl)cc2)c2ccc(Cl)cc2)C1. The average molecular weight is 698 g/mol. The zero-order valence-electron chi connectivity index (χ0n) is 25.8. The first kappa shape index (κ1) is 35.4. The number of likely N-dealkylation sites (tertiary alicyclic amines) is 1. The molecule has 0 radical (unpaired) electrons. The molecule has 0 saturated carbocycles. The maximum absolute atomic E-state index is 14.3. The second-order valence-corrected chi connectivity index (χ2v) is 14.9. The third kappa shape index (κ3) is 9.31. The molecule has 4 rings (SSSR count). The normalized spacial score (nSPS) is 14.8. The fourth-order valence-corrected chi connectivity index (χ4v) is 6.94. The summed E-state index contributed by atoms with van der Waals surface area (Å²) in [5.41, 5.74) is 0.888. The molecule has 9 nitrogen and oxygen atoms in total. The van der Waals surface area contributed by atoms with Crippen LogP contribution in [-0.2, 0) is 19.6 Å². The lowest BCUT2D eigenvalue weighted by Gasteiger charge is -2.49. The summed E-state index contributed by atoms with van der Waals surface area (Å²) >= 11 is 12.3. The molecule has 1 unspecified atom stereocenters. The van der Waals surface area contributed by atoms with E-state index in [0.717, 1.165) is 27.6 Å². The molecule has 248 valence electrons. The third-order valence-corrected chi connectivity index (χ3v) is 9.48. The summed E-state index contributed by atoms with van der Waals surface area (Å²) in [6.07, 6.45) is -0.799. The Kier molecular flexibility index (Phi) is 11.2. The first-order valence-corrected chi connectivity index (χ1v) is 16.9. The van der Waals surface area contributed by atoms with E-state index >= 15 is 0 Å². The fourth-order valence-electron chi connectivity index (χ4n) is 5.12. The Hall–Kier alpha value is -3.45. The number of anilines is 1. The van der Waals surface area contributed by atoms with Gasteiger partial charge in [-0.3, -0.25) is 14.0 Å². The first-order valence-electron chi connectivity index (χ1n) is 14.5. The van der Waals surface area contributed by atoms with Gasteiger partial charge in [-0.25, -0.2) is 22.0 Å². The van der Waals surface area contributed by atoms with E-state index < -0.39 is 57.1 Å². The highest BCUT2D eigenvalue weighted by Crippen LogP contribution is 2.37. The molecule has 0 aliphatic carbocycles. The summed E-state index contributed by atoms with van der Waals surface area (Å²) < 4.78 is 62.3. The molecular weight excluding hydrogens is 661 g/mol. The standard InChI is InChI=1S/C32H36Cl2F2N4O5S/c1-20(38-31(42)45-32(2,3)4)30(41)37-13-14-46(43,44)40(27-16-25(35)15-26(36)17-27)28-18-39(19-28)29(21-5-9-23(33)10-6-21)22-7-11-24(34)12-8-22/h5-12,15-17,20,28-29H,13-14,18-19H2,1-4H3,(H,37,41)(H,38,42). The van der Waals surface area contributed by atoms with E-state index in [1.165, 1.54) is 6.92 Å². The van der Waals surface area contributed by atoms with Gasteiger partial charge >= 0.3 is 6.09 Å². The Morgan fingerprint density at radius 1 is 0.957 bits per heavy atom. The number of carbonyl (C=O) groups excluding carboxylic acids is 2. The van der Waals surface area contributed by atoms with E-state index in [1.807, 2.05) is 29.2 Å². The van der Waals surface area contributed by atoms with Gasteiger partial charge in [-0.15, -0.1) is 0 Å². The predicted molar refractivity (Wildman–Crippen MR) is 175 cm³/mol. The van der Waals surface area contributed by atoms with Gasteiger partial charge in [0.05, 0.1) is 23.5 Å². The molecule has 2 amide bonds. The molecule has 46 heavy (non-hydrogen) atoms. The highest BCUT2D eigenvalue weighted by atomic mass is 35.5. The minimum absolute atomic E-state index is 0.164. The number of alkyl carbamates (subject to hydrolysis) is 1. The number of halogens is 4. The second-order valence-electron chi connectivity index (χ2n) is 12.0. The van der Waals surface area contributed by atoms with Crippen molar-refractivity contribution in [1.29, 1.82) is 0 Å². The van der Waals surface area contributed by atoms with E-state index in [-0.39, 0.29) is 31.4 Å². The molecule has 1 saturated heterocycles. The van der Waals surface area contributed by atoms with Crippen molar-refractivity contribution < 1.29 is 31.5 Å². The van der Waals surface area contributed by atoms with Crippen LogP contribution in [0.2, 0.25) is 10.0 Å². The molecule has 2 N–H and O–H groups in total. The van der Waals surface area contributed by atoms with Crippen LogP contribution in [0.15, 0.2) is 66.7 Å². The first-order chi connectivity index (χ1) is 21.5. The van der Waals surface area contributed by atoms with Gasteiger partial charge in [-0.2, -0.15) is 0 Å². The van der Waals surface area contributed by atoms with Crippen LogP contribution in [0.1, 0.15) is 44.9 Å². The van der Waals surface area contributed by atoms with Gasteiger partial charge in [-0.1, -0.05) is 47.5 Å². The predicted octanol–water partition coefficient (Wildman–Crippen LogP) is 5.91. The van der Waals surface area contributed by atoms with Crippen LogP contribution in [0.3, 0.4) is 0 Å². The number of hydrogen-bond donors (Lipinski definition) is 2. The van der Waals surface area contributed by atoms with E-state index in [9.17, 15) is 26.8 Å². The Balaban J connectivity index is 1.51. The van der Waals surface area contributed by atoms with Gasteiger partial charge in [0.2, 0.25) is 15.9 Å². The lowest BCUT2D eigenvalue weighted by Crippen LogP contribution is -2.62. The topological polar surface area (TPSA) is 108 Å². The number of carbonyl (C=O) groups is 2. The molecule has 14 heteroatoms. The molecule has 3 aromatic carbocycles. The summed E-state index contributed by atoms with van der Waals surface area (Å²) in [4.78, 5) is 26.6. The number of sulfonamides is 1. The van der Waals surface area contributed by atoms with Crippen LogP contribution < -0.4 is 14.9 Å². The van der Waals surface area contributed by atoms with Crippen molar-refractivity contribution in [3.05, 3.63) is 99.5 Å². The van der Waals surface area contributed by atoms with Crippen LogP contribution in [0.4, 0.5) is 19.3 Å². The van der Waals surface area contributed by atoms with Gasteiger partial charge in [0.25, 0.3) is 0 Å². The fraction of sp³-hybridized carbons (Fsp3) is 0.375. The lowest BCUT2D eigenvalue weighted by molar-refractivity contribution is -0.122. The zero-order valence-corrected chi connectivity index (χ0v) is 28.1. The summed E-state index contributed by atoms with van der Waals surface area (Å²) in [5.74, 6) is -3.05. The molecule has 0 bridgehead atoms. The minimum Gasteiger partial charge on any atom is -0.444 e. The van der Waals surface area contributed by atoms with Crippen molar-refractivity contribution in [3.63, 3.8) is 0 Å². The Bertz CT molecular complexity index is 1580. The molecule has 1 atom stereocenters. The monoisotopic (exact) mass is 696 g/mol. The van der Waals surface area contributed by atoms with E-state index in [4.69, 9.17) is 27.9 Å². The van der Waals surface area contributed by atoms with E-state index in [2.05, 4.69) is 10.6 Å². The van der Waals surface area contributed by atoms with Crippen molar-refractivity contribution >= 4 is 50.9 Å². The van der Waals surface area contributed by atoms with Crippen LogP contribution >= 0.6 is 23.2 Å². The van der Waals surface area contributed by atoms with Gasteiger partial charge in [0, 0.05) is 35.7 Å². The van der Waals surface area contributed by atoms with Crippen molar-refractivity contribution in [1.82, 2.24) is 15.5 Å². The van der Waals surface area contributed by atoms with E-state index in [0.29, 0.717) is 16.1 Å². The molecule has 0 aromatic heterocycles. The molecule has 1 aliphatic heterocycles. The van der Waals surface area contributed by atoms with Crippen molar-refractivity contribution in [3.8, 4) is 0 Å². The second kappa shape index (κ2) is 14.5. The highest BCUT2D eigenvalue weighted by molar-refractivity contribution is 7.92.